The van der Waals surface area contributed by atoms with Crippen molar-refractivity contribution in [1.82, 2.24) is 9.55 Å². The standard InChI is InChI=1S/C24H18F3N3O3S/c25-24(26,27)16-6-8-19-18(10-16)29-23(30(19)12-15-4-2-1-3-5-15)34-13-22(31)28-17-7-9-20-21(11-17)33-14-32-20/h1-11H,12-14H2,(H,28,31). The van der Waals surface area contributed by atoms with E-state index in [0.29, 0.717) is 34.4 Å². The number of hydrogen-bond donors (Lipinski definition) is 1. The number of benzene rings is 3. The van der Waals surface area contributed by atoms with E-state index in [9.17, 15) is 18.0 Å². The molecule has 0 saturated carbocycles. The molecule has 0 atom stereocenters. The molecule has 0 aliphatic carbocycles. The van der Waals surface area contributed by atoms with Crippen molar-refractivity contribution >= 4 is 34.4 Å². The Hall–Kier alpha value is -3.66. The first-order valence-electron chi connectivity index (χ1n) is 10.3. The van der Waals surface area contributed by atoms with E-state index >= 15 is 0 Å². The van der Waals surface area contributed by atoms with Crippen LogP contribution in [-0.4, -0.2) is 28.0 Å². The van der Waals surface area contributed by atoms with Crippen molar-refractivity contribution in [3.8, 4) is 11.5 Å². The zero-order chi connectivity index (χ0) is 23.7. The van der Waals surface area contributed by atoms with Gasteiger partial charge >= 0.3 is 6.18 Å². The third-order valence-electron chi connectivity index (χ3n) is 5.21. The molecule has 5 rings (SSSR count). The summed E-state index contributed by atoms with van der Waals surface area (Å²) in [5.74, 6) is 0.910. The minimum atomic E-state index is -4.46. The Kier molecular flexibility index (Phi) is 5.82. The van der Waals surface area contributed by atoms with Gasteiger partial charge < -0.3 is 19.4 Å². The molecular formula is C24H18F3N3O3S. The van der Waals surface area contributed by atoms with Crippen LogP contribution in [-0.2, 0) is 17.5 Å². The Bertz CT molecular complexity index is 1360. The molecule has 174 valence electrons. The van der Waals surface area contributed by atoms with Crippen LogP contribution in [0.5, 0.6) is 11.5 Å². The van der Waals surface area contributed by atoms with Gasteiger partial charge in [-0.25, -0.2) is 4.98 Å². The molecule has 0 bridgehead atoms. The maximum Gasteiger partial charge on any atom is 0.416 e. The fourth-order valence-electron chi connectivity index (χ4n) is 3.61. The van der Waals surface area contributed by atoms with Gasteiger partial charge in [0.05, 0.1) is 28.9 Å². The van der Waals surface area contributed by atoms with Crippen molar-refractivity contribution in [3.05, 3.63) is 77.9 Å². The second kappa shape index (κ2) is 8.94. The van der Waals surface area contributed by atoms with Gasteiger partial charge in [-0.05, 0) is 35.9 Å². The topological polar surface area (TPSA) is 65.4 Å². The van der Waals surface area contributed by atoms with Crippen molar-refractivity contribution in [3.63, 3.8) is 0 Å². The van der Waals surface area contributed by atoms with Gasteiger partial charge in [0, 0.05) is 11.8 Å². The molecule has 1 aliphatic heterocycles. The number of imidazole rings is 1. The summed E-state index contributed by atoms with van der Waals surface area (Å²) < 4.78 is 52.0. The molecular weight excluding hydrogens is 467 g/mol. The summed E-state index contributed by atoms with van der Waals surface area (Å²) in [6.07, 6.45) is -4.46. The van der Waals surface area contributed by atoms with Crippen molar-refractivity contribution in [2.75, 3.05) is 17.9 Å². The van der Waals surface area contributed by atoms with Crippen LogP contribution in [0.15, 0.2) is 71.9 Å². The van der Waals surface area contributed by atoms with Crippen LogP contribution in [0.2, 0.25) is 0 Å². The second-order valence-electron chi connectivity index (χ2n) is 7.57. The Morgan fingerprint density at radius 1 is 1.03 bits per heavy atom. The molecule has 0 saturated heterocycles. The number of thioether (sulfide) groups is 1. The highest BCUT2D eigenvalue weighted by Gasteiger charge is 2.31. The van der Waals surface area contributed by atoms with Gasteiger partial charge in [-0.15, -0.1) is 0 Å². The van der Waals surface area contributed by atoms with Crippen molar-refractivity contribution in [2.24, 2.45) is 0 Å². The molecule has 1 aromatic heterocycles. The van der Waals surface area contributed by atoms with E-state index < -0.39 is 11.7 Å². The molecule has 4 aromatic rings. The van der Waals surface area contributed by atoms with Gasteiger partial charge in [-0.1, -0.05) is 42.1 Å². The number of anilines is 1. The largest absolute Gasteiger partial charge is 0.454 e. The number of amides is 1. The van der Waals surface area contributed by atoms with Crippen LogP contribution < -0.4 is 14.8 Å². The van der Waals surface area contributed by atoms with E-state index in [1.807, 2.05) is 34.9 Å². The van der Waals surface area contributed by atoms with E-state index in [-0.39, 0.29) is 24.0 Å². The molecule has 2 heterocycles. The van der Waals surface area contributed by atoms with E-state index in [0.717, 1.165) is 29.5 Å². The number of ether oxygens (including phenoxy) is 2. The summed E-state index contributed by atoms with van der Waals surface area (Å²) in [5.41, 5.74) is 1.55. The lowest BCUT2D eigenvalue weighted by atomic mass is 10.2. The molecule has 0 spiro atoms. The number of carbonyl (C=O) groups excluding carboxylic acids is 1. The molecule has 1 N–H and O–H groups in total. The smallest absolute Gasteiger partial charge is 0.416 e. The summed E-state index contributed by atoms with van der Waals surface area (Å²) in [4.78, 5) is 17.0. The summed E-state index contributed by atoms with van der Waals surface area (Å²) in [7, 11) is 0. The maximum atomic E-state index is 13.2. The molecule has 10 heteroatoms. The third-order valence-corrected chi connectivity index (χ3v) is 6.19. The number of fused-ring (bicyclic) bond motifs is 2. The molecule has 0 fully saturated rings. The summed E-state index contributed by atoms with van der Waals surface area (Å²) >= 11 is 1.16. The van der Waals surface area contributed by atoms with Gasteiger partial charge in [-0.3, -0.25) is 4.79 Å². The Balaban J connectivity index is 1.38. The summed E-state index contributed by atoms with van der Waals surface area (Å²) in [6, 6.07) is 18.1. The number of halogens is 3. The first-order valence-corrected chi connectivity index (χ1v) is 11.3. The fourth-order valence-corrected chi connectivity index (χ4v) is 4.43. The highest BCUT2D eigenvalue weighted by Crippen LogP contribution is 2.35. The van der Waals surface area contributed by atoms with Gasteiger partial charge in [0.25, 0.3) is 0 Å². The zero-order valence-electron chi connectivity index (χ0n) is 17.6. The van der Waals surface area contributed by atoms with Crippen molar-refractivity contribution in [2.45, 2.75) is 17.9 Å². The van der Waals surface area contributed by atoms with Gasteiger partial charge in [0.2, 0.25) is 12.7 Å². The maximum absolute atomic E-state index is 13.2. The number of carbonyl (C=O) groups is 1. The minimum absolute atomic E-state index is 0.0265. The second-order valence-corrected chi connectivity index (χ2v) is 8.51. The van der Waals surface area contributed by atoms with Crippen LogP contribution in [0.4, 0.5) is 18.9 Å². The van der Waals surface area contributed by atoms with Crippen LogP contribution >= 0.6 is 11.8 Å². The van der Waals surface area contributed by atoms with Crippen molar-refractivity contribution < 1.29 is 27.4 Å². The number of nitrogens with zero attached hydrogens (tertiary/aromatic N) is 2. The predicted molar refractivity (Wildman–Crippen MR) is 122 cm³/mol. The van der Waals surface area contributed by atoms with Crippen LogP contribution in [0.25, 0.3) is 11.0 Å². The highest BCUT2D eigenvalue weighted by molar-refractivity contribution is 7.99. The van der Waals surface area contributed by atoms with Crippen LogP contribution in [0.3, 0.4) is 0 Å². The van der Waals surface area contributed by atoms with Gasteiger partial charge in [0.1, 0.15) is 0 Å². The number of alkyl halides is 3. The molecule has 3 aromatic carbocycles. The molecule has 1 aliphatic rings. The monoisotopic (exact) mass is 485 g/mol. The average molecular weight is 485 g/mol. The zero-order valence-corrected chi connectivity index (χ0v) is 18.4. The normalized spacial score (nSPS) is 12.8. The van der Waals surface area contributed by atoms with E-state index in [2.05, 4.69) is 10.3 Å². The first kappa shape index (κ1) is 22.1. The average Bonchev–Trinajstić information content (AvgIpc) is 3.41. The quantitative estimate of drug-likeness (QED) is 0.362. The number of rotatable bonds is 6. The highest BCUT2D eigenvalue weighted by atomic mass is 32.2. The first-order chi connectivity index (χ1) is 16.4. The van der Waals surface area contributed by atoms with Crippen LogP contribution in [0.1, 0.15) is 11.1 Å². The lowest BCUT2D eigenvalue weighted by molar-refractivity contribution is -0.137. The molecule has 0 unspecified atom stereocenters. The Morgan fingerprint density at radius 2 is 1.82 bits per heavy atom. The number of aromatic nitrogens is 2. The Labute approximate surface area is 196 Å². The third kappa shape index (κ3) is 4.67. The fraction of sp³-hybridized carbons (Fsp3) is 0.167. The lowest BCUT2D eigenvalue weighted by Crippen LogP contribution is -2.14. The van der Waals surface area contributed by atoms with E-state index in [4.69, 9.17) is 9.47 Å². The number of nitrogens with one attached hydrogen (secondary N) is 1. The SMILES string of the molecule is O=C(CSc1nc2cc(C(F)(F)F)ccc2n1Cc1ccccc1)Nc1ccc2c(c1)OCO2. The summed E-state index contributed by atoms with van der Waals surface area (Å²) in [6.45, 7) is 0.547. The van der Waals surface area contributed by atoms with Crippen LogP contribution in [0, 0.1) is 0 Å². The molecule has 6 nitrogen and oxygen atoms in total. The van der Waals surface area contributed by atoms with E-state index in [1.165, 1.54) is 6.07 Å². The minimum Gasteiger partial charge on any atom is -0.454 e. The van der Waals surface area contributed by atoms with Crippen molar-refractivity contribution in [1.29, 1.82) is 0 Å². The summed E-state index contributed by atoms with van der Waals surface area (Å²) in [5, 5.41) is 3.25. The van der Waals surface area contributed by atoms with Gasteiger partial charge in [0.15, 0.2) is 16.7 Å². The van der Waals surface area contributed by atoms with Gasteiger partial charge in [-0.2, -0.15) is 13.2 Å². The molecule has 34 heavy (non-hydrogen) atoms. The Morgan fingerprint density at radius 3 is 2.62 bits per heavy atom. The molecule has 0 radical (unpaired) electrons. The predicted octanol–water partition coefficient (Wildman–Crippen LogP) is 5.56. The number of hydrogen-bond acceptors (Lipinski definition) is 5. The lowest BCUT2D eigenvalue weighted by Gasteiger charge is -2.10. The van der Waals surface area contributed by atoms with E-state index in [1.54, 1.807) is 18.2 Å². The molecule has 1 amide bonds.